The maximum absolute atomic E-state index is 12.9. The van der Waals surface area contributed by atoms with Gasteiger partial charge in [-0.3, -0.25) is 0 Å². The highest BCUT2D eigenvalue weighted by Gasteiger charge is 2.07. The number of aromatic nitrogens is 3. The Bertz CT molecular complexity index is 870. The molecule has 0 fully saturated rings. The number of rotatable bonds is 6. The van der Waals surface area contributed by atoms with Gasteiger partial charge >= 0.3 is 0 Å². The highest BCUT2D eigenvalue weighted by atomic mass is 19.1. The van der Waals surface area contributed by atoms with Crippen molar-refractivity contribution < 1.29 is 4.39 Å². The van der Waals surface area contributed by atoms with Crippen molar-refractivity contribution in [3.05, 3.63) is 70.7 Å². The van der Waals surface area contributed by atoms with Gasteiger partial charge in [0.25, 0.3) is 0 Å². The lowest BCUT2D eigenvalue weighted by Gasteiger charge is -2.13. The third-order valence-electron chi connectivity index (χ3n) is 4.11. The van der Waals surface area contributed by atoms with Gasteiger partial charge in [0.1, 0.15) is 5.82 Å². The summed E-state index contributed by atoms with van der Waals surface area (Å²) in [6, 6.07) is 10.7. The van der Waals surface area contributed by atoms with E-state index >= 15 is 0 Å². The molecule has 1 heterocycles. The summed E-state index contributed by atoms with van der Waals surface area (Å²) in [5.41, 5.74) is 5.56. The van der Waals surface area contributed by atoms with Gasteiger partial charge in [0.2, 0.25) is 5.95 Å². The predicted octanol–water partition coefficient (Wildman–Crippen LogP) is 4.33. The molecule has 0 amide bonds. The standard InChI is InChI=1S/C20H22FN5/c1-13-10-14(2)19(15(3)11-13)25-20-24-18(12-23-26-20)22-9-8-16-4-6-17(21)7-5-16/h4-7,10-12H,8-9H2,1-3H3,(H2,22,24,25,26). The summed E-state index contributed by atoms with van der Waals surface area (Å²) in [5, 5.41) is 14.6. The van der Waals surface area contributed by atoms with Crippen molar-refractivity contribution >= 4 is 17.5 Å². The molecule has 0 aliphatic heterocycles. The number of benzene rings is 2. The second-order valence-electron chi connectivity index (χ2n) is 6.37. The molecule has 134 valence electrons. The number of hydrogen-bond donors (Lipinski definition) is 2. The Hall–Kier alpha value is -3.02. The van der Waals surface area contributed by atoms with Crippen molar-refractivity contribution in [3.8, 4) is 0 Å². The summed E-state index contributed by atoms with van der Waals surface area (Å²) >= 11 is 0. The largest absolute Gasteiger partial charge is 0.368 e. The average Bonchev–Trinajstić information content (AvgIpc) is 2.60. The second kappa shape index (κ2) is 7.91. The minimum atomic E-state index is -0.223. The van der Waals surface area contributed by atoms with Crippen LogP contribution in [0.15, 0.2) is 42.6 Å². The van der Waals surface area contributed by atoms with Crippen LogP contribution in [0.1, 0.15) is 22.3 Å². The first-order valence-corrected chi connectivity index (χ1v) is 8.54. The SMILES string of the molecule is Cc1cc(C)c(Nc2nncc(NCCc3ccc(F)cc3)n2)c(C)c1. The topological polar surface area (TPSA) is 62.7 Å². The fourth-order valence-electron chi connectivity index (χ4n) is 2.92. The third kappa shape index (κ3) is 4.53. The lowest BCUT2D eigenvalue weighted by Crippen LogP contribution is -2.09. The molecular weight excluding hydrogens is 329 g/mol. The van der Waals surface area contributed by atoms with Crippen molar-refractivity contribution in [3.63, 3.8) is 0 Å². The number of nitrogens with zero attached hydrogens (tertiary/aromatic N) is 3. The lowest BCUT2D eigenvalue weighted by molar-refractivity contribution is 0.627. The van der Waals surface area contributed by atoms with E-state index < -0.39 is 0 Å². The van der Waals surface area contributed by atoms with Crippen LogP contribution in [0.3, 0.4) is 0 Å². The molecule has 2 aromatic carbocycles. The Balaban J connectivity index is 1.64. The molecule has 0 radical (unpaired) electrons. The number of halogens is 1. The van der Waals surface area contributed by atoms with Gasteiger partial charge in [-0.15, -0.1) is 5.10 Å². The van der Waals surface area contributed by atoms with E-state index in [4.69, 9.17) is 0 Å². The van der Waals surface area contributed by atoms with Crippen LogP contribution < -0.4 is 10.6 Å². The molecule has 0 bridgehead atoms. The average molecular weight is 351 g/mol. The smallest absolute Gasteiger partial charge is 0.249 e. The first-order valence-electron chi connectivity index (χ1n) is 8.54. The Labute approximate surface area is 152 Å². The Kier molecular flexibility index (Phi) is 5.41. The van der Waals surface area contributed by atoms with Gasteiger partial charge in [-0.1, -0.05) is 29.8 Å². The van der Waals surface area contributed by atoms with E-state index in [1.165, 1.54) is 17.7 Å². The minimum Gasteiger partial charge on any atom is -0.368 e. The van der Waals surface area contributed by atoms with Crippen LogP contribution in [0.25, 0.3) is 0 Å². The Morgan fingerprint density at radius 3 is 2.38 bits per heavy atom. The summed E-state index contributed by atoms with van der Waals surface area (Å²) in [6.45, 7) is 6.86. The summed E-state index contributed by atoms with van der Waals surface area (Å²) in [5.74, 6) is 0.873. The van der Waals surface area contributed by atoms with Gasteiger partial charge < -0.3 is 10.6 Å². The van der Waals surface area contributed by atoms with E-state index in [9.17, 15) is 4.39 Å². The van der Waals surface area contributed by atoms with Gasteiger partial charge in [0.15, 0.2) is 5.82 Å². The van der Waals surface area contributed by atoms with Gasteiger partial charge in [0, 0.05) is 12.2 Å². The highest BCUT2D eigenvalue weighted by Crippen LogP contribution is 2.24. The molecule has 26 heavy (non-hydrogen) atoms. The lowest BCUT2D eigenvalue weighted by atomic mass is 10.1. The van der Waals surface area contributed by atoms with Crippen LogP contribution >= 0.6 is 0 Å². The molecule has 0 unspecified atom stereocenters. The maximum atomic E-state index is 12.9. The molecular formula is C20H22FN5. The zero-order valence-corrected chi connectivity index (χ0v) is 15.2. The molecule has 0 aliphatic carbocycles. The van der Waals surface area contributed by atoms with E-state index in [1.807, 2.05) is 0 Å². The molecule has 1 aromatic heterocycles. The normalized spacial score (nSPS) is 10.6. The van der Waals surface area contributed by atoms with Crippen LogP contribution in [0, 0.1) is 26.6 Å². The first-order chi connectivity index (χ1) is 12.5. The van der Waals surface area contributed by atoms with Crippen molar-refractivity contribution in [2.24, 2.45) is 0 Å². The van der Waals surface area contributed by atoms with Gasteiger partial charge in [-0.25, -0.2) is 4.39 Å². The second-order valence-corrected chi connectivity index (χ2v) is 6.37. The molecule has 0 spiro atoms. The zero-order chi connectivity index (χ0) is 18.5. The number of hydrogen-bond acceptors (Lipinski definition) is 5. The fraction of sp³-hybridized carbons (Fsp3) is 0.250. The van der Waals surface area contributed by atoms with E-state index in [-0.39, 0.29) is 5.82 Å². The molecule has 0 saturated heterocycles. The summed E-state index contributed by atoms with van der Waals surface area (Å²) in [7, 11) is 0. The molecule has 0 atom stereocenters. The fourth-order valence-corrected chi connectivity index (χ4v) is 2.92. The maximum Gasteiger partial charge on any atom is 0.249 e. The van der Waals surface area contributed by atoms with Crippen LogP contribution in [-0.2, 0) is 6.42 Å². The Morgan fingerprint density at radius 2 is 1.69 bits per heavy atom. The van der Waals surface area contributed by atoms with Gasteiger partial charge in [-0.2, -0.15) is 10.1 Å². The molecule has 0 saturated carbocycles. The number of anilines is 3. The molecule has 2 N–H and O–H groups in total. The zero-order valence-electron chi connectivity index (χ0n) is 15.2. The minimum absolute atomic E-state index is 0.223. The van der Waals surface area contributed by atoms with Crippen molar-refractivity contribution in [2.75, 3.05) is 17.2 Å². The van der Waals surface area contributed by atoms with Crippen LogP contribution in [0.4, 0.5) is 21.8 Å². The van der Waals surface area contributed by atoms with E-state index in [0.29, 0.717) is 18.3 Å². The van der Waals surface area contributed by atoms with Crippen molar-refractivity contribution in [1.82, 2.24) is 15.2 Å². The van der Waals surface area contributed by atoms with E-state index in [1.54, 1.807) is 18.3 Å². The van der Waals surface area contributed by atoms with Crippen LogP contribution in [-0.4, -0.2) is 21.7 Å². The first kappa shape index (κ1) is 17.8. The van der Waals surface area contributed by atoms with Crippen molar-refractivity contribution in [1.29, 1.82) is 0 Å². The monoisotopic (exact) mass is 351 g/mol. The van der Waals surface area contributed by atoms with Crippen LogP contribution in [0.5, 0.6) is 0 Å². The predicted molar refractivity (Wildman–Crippen MR) is 102 cm³/mol. The summed E-state index contributed by atoms with van der Waals surface area (Å²) in [6.07, 6.45) is 2.36. The molecule has 0 aliphatic rings. The summed E-state index contributed by atoms with van der Waals surface area (Å²) < 4.78 is 12.9. The van der Waals surface area contributed by atoms with Gasteiger partial charge in [-0.05, 0) is 56.0 Å². The third-order valence-corrected chi connectivity index (χ3v) is 4.11. The quantitative estimate of drug-likeness (QED) is 0.692. The van der Waals surface area contributed by atoms with E-state index in [2.05, 4.69) is 58.7 Å². The number of nitrogens with one attached hydrogen (secondary N) is 2. The molecule has 3 rings (SSSR count). The molecule has 3 aromatic rings. The van der Waals surface area contributed by atoms with Crippen molar-refractivity contribution in [2.45, 2.75) is 27.2 Å². The van der Waals surface area contributed by atoms with E-state index in [0.717, 1.165) is 28.8 Å². The molecule has 6 heteroatoms. The number of aryl methyl sites for hydroxylation is 3. The molecule has 5 nitrogen and oxygen atoms in total. The highest BCUT2D eigenvalue weighted by molar-refractivity contribution is 5.64. The Morgan fingerprint density at radius 1 is 1.00 bits per heavy atom. The van der Waals surface area contributed by atoms with Gasteiger partial charge in [0.05, 0.1) is 6.20 Å². The van der Waals surface area contributed by atoms with Crippen LogP contribution in [0.2, 0.25) is 0 Å². The summed E-state index contributed by atoms with van der Waals surface area (Å²) in [4.78, 5) is 4.46.